The largest absolute Gasteiger partial charge is 0.393 e. The number of rotatable bonds is 3. The van der Waals surface area contributed by atoms with Gasteiger partial charge in [-0.2, -0.15) is 0 Å². The number of hydrogen-bond donors (Lipinski definition) is 2. The van der Waals surface area contributed by atoms with Gasteiger partial charge < -0.3 is 10.8 Å². The summed E-state index contributed by atoms with van der Waals surface area (Å²) in [5.74, 6) is 0. The van der Waals surface area contributed by atoms with Crippen LogP contribution in [-0.2, 0) is 0 Å². The van der Waals surface area contributed by atoms with Crippen LogP contribution in [0.1, 0.15) is 39.0 Å². The van der Waals surface area contributed by atoms with Gasteiger partial charge in [0.15, 0.2) is 0 Å². The molecular formula is C11H22N2O. The molecule has 2 rings (SSSR count). The molecule has 2 aliphatic heterocycles. The Bertz CT molecular complexity index is 182. The van der Waals surface area contributed by atoms with E-state index in [1.54, 1.807) is 0 Å². The lowest BCUT2D eigenvalue weighted by Gasteiger charge is -2.37. The molecule has 2 heterocycles. The van der Waals surface area contributed by atoms with Crippen molar-refractivity contribution in [3.63, 3.8) is 0 Å². The first kappa shape index (κ1) is 10.4. The van der Waals surface area contributed by atoms with E-state index in [1.807, 2.05) is 6.92 Å². The summed E-state index contributed by atoms with van der Waals surface area (Å²) < 4.78 is 0. The Morgan fingerprint density at radius 1 is 1.36 bits per heavy atom. The first-order valence-electron chi connectivity index (χ1n) is 5.86. The van der Waals surface area contributed by atoms with Gasteiger partial charge >= 0.3 is 0 Å². The van der Waals surface area contributed by atoms with Crippen molar-refractivity contribution in [2.45, 2.75) is 63.3 Å². The molecule has 0 saturated carbocycles. The molecule has 0 spiro atoms. The van der Waals surface area contributed by atoms with Gasteiger partial charge in [0.25, 0.3) is 0 Å². The van der Waals surface area contributed by atoms with Crippen LogP contribution in [-0.4, -0.2) is 40.8 Å². The average Bonchev–Trinajstić information content (AvgIpc) is 2.34. The van der Waals surface area contributed by atoms with Crippen LogP contribution in [0.2, 0.25) is 0 Å². The normalized spacial score (nSPS) is 40.1. The van der Waals surface area contributed by atoms with Crippen molar-refractivity contribution in [1.82, 2.24) is 4.90 Å². The maximum absolute atomic E-state index is 9.28. The third-order valence-corrected chi connectivity index (χ3v) is 3.73. The van der Waals surface area contributed by atoms with Gasteiger partial charge in [0.05, 0.1) is 6.10 Å². The second kappa shape index (κ2) is 4.17. The third-order valence-electron chi connectivity index (χ3n) is 3.73. The molecule has 2 bridgehead atoms. The molecule has 0 aromatic heterocycles. The molecule has 0 amide bonds. The standard InChI is InChI=1S/C11H22N2O/c1-8(14)4-5-13-10-2-3-11(13)7-9(12)6-10/h8-11,14H,2-7,12H2,1H3. The van der Waals surface area contributed by atoms with Crippen LogP contribution in [0.5, 0.6) is 0 Å². The van der Waals surface area contributed by atoms with Crippen LogP contribution in [0.25, 0.3) is 0 Å². The van der Waals surface area contributed by atoms with Gasteiger partial charge in [0.2, 0.25) is 0 Å². The number of nitrogens with zero attached hydrogens (tertiary/aromatic N) is 1. The molecule has 3 N–H and O–H groups in total. The monoisotopic (exact) mass is 198 g/mol. The fraction of sp³-hybridized carbons (Fsp3) is 1.00. The molecule has 0 aliphatic carbocycles. The maximum atomic E-state index is 9.28. The summed E-state index contributed by atoms with van der Waals surface area (Å²) in [4.78, 5) is 2.58. The Morgan fingerprint density at radius 2 is 1.93 bits per heavy atom. The molecule has 0 aromatic rings. The molecule has 2 fully saturated rings. The fourth-order valence-corrected chi connectivity index (χ4v) is 3.02. The Balaban J connectivity index is 1.88. The molecular weight excluding hydrogens is 176 g/mol. The highest BCUT2D eigenvalue weighted by atomic mass is 16.3. The second-order valence-corrected chi connectivity index (χ2v) is 4.99. The lowest BCUT2D eigenvalue weighted by Crippen LogP contribution is -2.48. The summed E-state index contributed by atoms with van der Waals surface area (Å²) in [7, 11) is 0. The minimum Gasteiger partial charge on any atom is -0.393 e. The van der Waals surface area contributed by atoms with E-state index in [-0.39, 0.29) is 6.10 Å². The third kappa shape index (κ3) is 2.10. The van der Waals surface area contributed by atoms with Gasteiger partial charge in [-0.3, -0.25) is 4.90 Å². The zero-order valence-electron chi connectivity index (χ0n) is 9.02. The number of nitrogens with two attached hydrogens (primary N) is 1. The quantitative estimate of drug-likeness (QED) is 0.702. The summed E-state index contributed by atoms with van der Waals surface area (Å²) in [5, 5.41) is 9.28. The molecule has 0 aromatic carbocycles. The van der Waals surface area contributed by atoms with Crippen molar-refractivity contribution in [2.75, 3.05) is 6.54 Å². The molecule has 82 valence electrons. The topological polar surface area (TPSA) is 49.5 Å². The van der Waals surface area contributed by atoms with Crippen LogP contribution < -0.4 is 5.73 Å². The minimum absolute atomic E-state index is 0.162. The highest BCUT2D eigenvalue weighted by Crippen LogP contribution is 2.34. The molecule has 3 nitrogen and oxygen atoms in total. The molecule has 2 aliphatic rings. The first-order chi connectivity index (χ1) is 6.66. The lowest BCUT2D eigenvalue weighted by molar-refractivity contribution is 0.0977. The smallest absolute Gasteiger partial charge is 0.0524 e. The number of hydrogen-bond acceptors (Lipinski definition) is 3. The Kier molecular flexibility index (Phi) is 3.10. The summed E-state index contributed by atoms with van der Waals surface area (Å²) >= 11 is 0. The van der Waals surface area contributed by atoms with Gasteiger partial charge in [0.1, 0.15) is 0 Å². The molecule has 2 saturated heterocycles. The Morgan fingerprint density at radius 3 is 2.43 bits per heavy atom. The molecule has 14 heavy (non-hydrogen) atoms. The number of aliphatic hydroxyl groups excluding tert-OH is 1. The Hall–Kier alpha value is -0.120. The lowest BCUT2D eigenvalue weighted by atomic mass is 9.98. The van der Waals surface area contributed by atoms with Crippen LogP contribution >= 0.6 is 0 Å². The SMILES string of the molecule is CC(O)CCN1C2CCC1CC(N)C2. The predicted molar refractivity (Wildman–Crippen MR) is 57.0 cm³/mol. The van der Waals surface area contributed by atoms with Crippen molar-refractivity contribution >= 4 is 0 Å². The van der Waals surface area contributed by atoms with Gasteiger partial charge in [0, 0.05) is 24.7 Å². The van der Waals surface area contributed by atoms with Gasteiger partial charge in [-0.15, -0.1) is 0 Å². The second-order valence-electron chi connectivity index (χ2n) is 4.99. The fourth-order valence-electron chi connectivity index (χ4n) is 3.02. The summed E-state index contributed by atoms with van der Waals surface area (Å²) in [6.45, 7) is 2.93. The van der Waals surface area contributed by atoms with E-state index in [2.05, 4.69) is 4.90 Å². The molecule has 3 unspecified atom stereocenters. The van der Waals surface area contributed by atoms with E-state index >= 15 is 0 Å². The van der Waals surface area contributed by atoms with Gasteiger partial charge in [-0.1, -0.05) is 0 Å². The Labute approximate surface area is 86.3 Å². The number of fused-ring (bicyclic) bond motifs is 2. The molecule has 0 radical (unpaired) electrons. The van der Waals surface area contributed by atoms with Crippen LogP contribution in [0.15, 0.2) is 0 Å². The van der Waals surface area contributed by atoms with E-state index in [4.69, 9.17) is 5.73 Å². The van der Waals surface area contributed by atoms with Crippen molar-refractivity contribution in [3.8, 4) is 0 Å². The van der Waals surface area contributed by atoms with Crippen molar-refractivity contribution < 1.29 is 5.11 Å². The number of piperidine rings is 1. The van der Waals surface area contributed by atoms with E-state index in [9.17, 15) is 5.11 Å². The summed E-state index contributed by atoms with van der Waals surface area (Å²) in [6, 6.07) is 1.85. The van der Waals surface area contributed by atoms with Crippen molar-refractivity contribution in [3.05, 3.63) is 0 Å². The number of aliphatic hydroxyl groups is 1. The van der Waals surface area contributed by atoms with E-state index in [1.165, 1.54) is 12.8 Å². The van der Waals surface area contributed by atoms with Crippen molar-refractivity contribution in [2.24, 2.45) is 5.73 Å². The first-order valence-corrected chi connectivity index (χ1v) is 5.86. The van der Waals surface area contributed by atoms with Crippen LogP contribution in [0.3, 0.4) is 0 Å². The maximum Gasteiger partial charge on any atom is 0.0524 e. The highest BCUT2D eigenvalue weighted by molar-refractivity contribution is 4.96. The van der Waals surface area contributed by atoms with Crippen LogP contribution in [0, 0.1) is 0 Å². The highest BCUT2D eigenvalue weighted by Gasteiger charge is 2.38. The zero-order valence-corrected chi connectivity index (χ0v) is 9.02. The van der Waals surface area contributed by atoms with Crippen molar-refractivity contribution in [1.29, 1.82) is 0 Å². The van der Waals surface area contributed by atoms with E-state index in [0.717, 1.165) is 25.8 Å². The zero-order chi connectivity index (χ0) is 10.1. The molecule has 3 atom stereocenters. The summed E-state index contributed by atoms with van der Waals surface area (Å²) in [6.07, 6.45) is 5.70. The average molecular weight is 198 g/mol. The minimum atomic E-state index is -0.162. The van der Waals surface area contributed by atoms with E-state index < -0.39 is 0 Å². The predicted octanol–water partition coefficient (Wildman–Crippen LogP) is 0.711. The van der Waals surface area contributed by atoms with Gasteiger partial charge in [-0.25, -0.2) is 0 Å². The molecule has 3 heteroatoms. The van der Waals surface area contributed by atoms with E-state index in [0.29, 0.717) is 18.1 Å². The van der Waals surface area contributed by atoms with Crippen LogP contribution in [0.4, 0.5) is 0 Å². The summed E-state index contributed by atoms with van der Waals surface area (Å²) in [5.41, 5.74) is 6.00. The van der Waals surface area contributed by atoms with Gasteiger partial charge in [-0.05, 0) is 39.0 Å².